The third-order valence-corrected chi connectivity index (χ3v) is 1.78. The maximum Gasteiger partial charge on any atom is 0.212 e. The lowest BCUT2D eigenvalue weighted by atomic mass is 10.3. The van der Waals surface area contributed by atoms with Crippen molar-refractivity contribution in [1.29, 1.82) is 0 Å². The summed E-state index contributed by atoms with van der Waals surface area (Å²) in [5.41, 5.74) is 6.23. The second-order valence-electron chi connectivity index (χ2n) is 2.93. The predicted molar refractivity (Wildman–Crippen MR) is 46.6 cm³/mol. The van der Waals surface area contributed by atoms with Gasteiger partial charge < -0.3 is 10.2 Å². The minimum atomic E-state index is -0.381. The molecular weight excluding hydrogens is 171 g/mol. The van der Waals surface area contributed by atoms with Crippen LogP contribution in [0.2, 0.25) is 0 Å². The molecule has 3 nitrogen and oxygen atoms in total. The van der Waals surface area contributed by atoms with E-state index in [-0.39, 0.29) is 17.4 Å². The van der Waals surface area contributed by atoms with E-state index in [0.29, 0.717) is 11.5 Å². The molecule has 0 aliphatic heterocycles. The third-order valence-electron chi connectivity index (χ3n) is 1.78. The van der Waals surface area contributed by atoms with Crippen molar-refractivity contribution < 1.29 is 8.81 Å². The molecule has 1 atom stereocenters. The van der Waals surface area contributed by atoms with Crippen molar-refractivity contribution in [2.24, 2.45) is 5.73 Å². The molecule has 4 heteroatoms. The highest BCUT2D eigenvalue weighted by Crippen LogP contribution is 2.20. The highest BCUT2D eigenvalue weighted by atomic mass is 19.1. The average molecular weight is 180 g/mol. The Labute approximate surface area is 74.4 Å². The Morgan fingerprint density at radius 1 is 1.54 bits per heavy atom. The molecule has 0 radical (unpaired) electrons. The predicted octanol–water partition coefficient (Wildman–Crippen LogP) is 1.99. The standard InChI is InChI=1S/C9H9FN2O/c1-5(11)9-12-8-6(10)3-2-4-7(8)13-9/h2-5H,11H2,1H3. The van der Waals surface area contributed by atoms with Gasteiger partial charge in [0.05, 0.1) is 6.04 Å². The van der Waals surface area contributed by atoms with Crippen LogP contribution in [0.1, 0.15) is 18.9 Å². The Morgan fingerprint density at radius 3 is 2.92 bits per heavy atom. The van der Waals surface area contributed by atoms with Gasteiger partial charge >= 0.3 is 0 Å². The molecule has 0 saturated carbocycles. The fraction of sp³-hybridized carbons (Fsp3) is 0.222. The Balaban J connectivity index is 2.68. The Kier molecular flexibility index (Phi) is 1.77. The van der Waals surface area contributed by atoms with Crippen molar-refractivity contribution in [3.63, 3.8) is 0 Å². The molecule has 0 saturated heterocycles. The number of hydrogen-bond donors (Lipinski definition) is 1. The lowest BCUT2D eigenvalue weighted by Gasteiger charge is -1.94. The number of para-hydroxylation sites is 1. The molecule has 2 N–H and O–H groups in total. The summed E-state index contributed by atoms with van der Waals surface area (Å²) in [6.07, 6.45) is 0. The van der Waals surface area contributed by atoms with Crippen molar-refractivity contribution in [2.45, 2.75) is 13.0 Å². The van der Waals surface area contributed by atoms with Gasteiger partial charge in [-0.25, -0.2) is 9.37 Å². The minimum absolute atomic E-state index is 0.245. The fourth-order valence-corrected chi connectivity index (χ4v) is 1.13. The lowest BCUT2D eigenvalue weighted by molar-refractivity contribution is 0.493. The number of nitrogens with two attached hydrogens (primary N) is 1. The number of hydrogen-bond acceptors (Lipinski definition) is 3. The fourth-order valence-electron chi connectivity index (χ4n) is 1.13. The van der Waals surface area contributed by atoms with Gasteiger partial charge in [0, 0.05) is 0 Å². The van der Waals surface area contributed by atoms with Gasteiger partial charge in [0.1, 0.15) is 5.52 Å². The second kappa shape index (κ2) is 2.81. The van der Waals surface area contributed by atoms with Crippen molar-refractivity contribution in [1.82, 2.24) is 4.98 Å². The molecule has 1 heterocycles. The van der Waals surface area contributed by atoms with Crippen LogP contribution in [0, 0.1) is 5.82 Å². The average Bonchev–Trinajstić information content (AvgIpc) is 2.49. The van der Waals surface area contributed by atoms with E-state index in [1.165, 1.54) is 6.07 Å². The summed E-state index contributed by atoms with van der Waals surface area (Å²) in [7, 11) is 0. The summed E-state index contributed by atoms with van der Waals surface area (Å²) >= 11 is 0. The van der Waals surface area contributed by atoms with E-state index in [1.807, 2.05) is 0 Å². The molecular formula is C9H9FN2O. The van der Waals surface area contributed by atoms with Gasteiger partial charge in [0.25, 0.3) is 0 Å². The van der Waals surface area contributed by atoms with Gasteiger partial charge in [0.2, 0.25) is 5.89 Å². The highest BCUT2D eigenvalue weighted by Gasteiger charge is 2.11. The number of aromatic nitrogens is 1. The number of oxazole rings is 1. The molecule has 0 spiro atoms. The first-order valence-corrected chi connectivity index (χ1v) is 3.99. The SMILES string of the molecule is CC(N)c1nc2c(F)cccc2o1. The summed E-state index contributed by atoms with van der Waals surface area (Å²) < 4.78 is 18.3. The Morgan fingerprint density at radius 2 is 2.31 bits per heavy atom. The summed E-state index contributed by atoms with van der Waals surface area (Å²) in [5.74, 6) is -0.0201. The zero-order valence-electron chi connectivity index (χ0n) is 7.12. The van der Waals surface area contributed by atoms with Crippen LogP contribution in [0.5, 0.6) is 0 Å². The summed E-state index contributed by atoms with van der Waals surface area (Å²) in [4.78, 5) is 3.95. The quantitative estimate of drug-likeness (QED) is 0.730. The first-order valence-electron chi connectivity index (χ1n) is 3.99. The van der Waals surface area contributed by atoms with Crippen LogP contribution >= 0.6 is 0 Å². The largest absolute Gasteiger partial charge is 0.439 e. The van der Waals surface area contributed by atoms with Crippen LogP contribution in [-0.2, 0) is 0 Å². The van der Waals surface area contributed by atoms with Crippen LogP contribution < -0.4 is 5.73 Å². The molecule has 1 unspecified atom stereocenters. The van der Waals surface area contributed by atoms with E-state index in [9.17, 15) is 4.39 Å². The molecule has 0 amide bonds. The molecule has 0 bridgehead atoms. The smallest absolute Gasteiger partial charge is 0.212 e. The molecule has 13 heavy (non-hydrogen) atoms. The molecule has 0 fully saturated rings. The van der Waals surface area contributed by atoms with Gasteiger partial charge in [-0.3, -0.25) is 0 Å². The van der Waals surface area contributed by atoms with Gasteiger partial charge in [-0.2, -0.15) is 0 Å². The first kappa shape index (κ1) is 8.19. The van der Waals surface area contributed by atoms with E-state index in [2.05, 4.69) is 4.98 Å². The Bertz CT molecular complexity index is 436. The minimum Gasteiger partial charge on any atom is -0.439 e. The van der Waals surface area contributed by atoms with E-state index >= 15 is 0 Å². The molecule has 0 aliphatic rings. The molecule has 1 aromatic carbocycles. The van der Waals surface area contributed by atoms with E-state index in [4.69, 9.17) is 10.2 Å². The molecule has 0 aliphatic carbocycles. The maximum atomic E-state index is 13.1. The highest BCUT2D eigenvalue weighted by molar-refractivity contribution is 5.73. The van der Waals surface area contributed by atoms with Crippen molar-refractivity contribution in [2.75, 3.05) is 0 Å². The summed E-state index contributed by atoms with van der Waals surface area (Å²) in [6, 6.07) is 4.27. The van der Waals surface area contributed by atoms with E-state index in [0.717, 1.165) is 0 Å². The van der Waals surface area contributed by atoms with Gasteiger partial charge in [-0.15, -0.1) is 0 Å². The third kappa shape index (κ3) is 1.29. The van der Waals surface area contributed by atoms with Crippen LogP contribution in [-0.4, -0.2) is 4.98 Å². The number of fused-ring (bicyclic) bond motifs is 1. The Hall–Kier alpha value is -1.42. The van der Waals surface area contributed by atoms with Gasteiger partial charge in [-0.05, 0) is 19.1 Å². The van der Waals surface area contributed by atoms with Crippen LogP contribution in [0.15, 0.2) is 22.6 Å². The zero-order chi connectivity index (χ0) is 9.42. The zero-order valence-corrected chi connectivity index (χ0v) is 7.12. The summed E-state index contributed by atoms with van der Waals surface area (Å²) in [6.45, 7) is 1.74. The van der Waals surface area contributed by atoms with Crippen LogP contribution in [0.3, 0.4) is 0 Å². The maximum absolute atomic E-state index is 13.1. The monoisotopic (exact) mass is 180 g/mol. The number of rotatable bonds is 1. The molecule has 2 rings (SSSR count). The van der Waals surface area contributed by atoms with Gasteiger partial charge in [0.15, 0.2) is 11.4 Å². The summed E-state index contributed by atoms with van der Waals surface area (Å²) in [5, 5.41) is 0. The van der Waals surface area contributed by atoms with Crippen LogP contribution in [0.25, 0.3) is 11.1 Å². The normalized spacial score (nSPS) is 13.5. The van der Waals surface area contributed by atoms with E-state index < -0.39 is 0 Å². The molecule has 68 valence electrons. The lowest BCUT2D eigenvalue weighted by Crippen LogP contribution is -2.04. The first-order chi connectivity index (χ1) is 6.18. The topological polar surface area (TPSA) is 52.0 Å². The van der Waals surface area contributed by atoms with Crippen molar-refractivity contribution >= 4 is 11.1 Å². The molecule has 1 aromatic heterocycles. The molecule has 2 aromatic rings. The number of benzene rings is 1. The number of halogens is 1. The van der Waals surface area contributed by atoms with Gasteiger partial charge in [-0.1, -0.05) is 6.07 Å². The van der Waals surface area contributed by atoms with Crippen LogP contribution in [0.4, 0.5) is 4.39 Å². The second-order valence-corrected chi connectivity index (χ2v) is 2.93. The number of nitrogens with zero attached hydrogens (tertiary/aromatic N) is 1. The van der Waals surface area contributed by atoms with Crippen molar-refractivity contribution in [3.05, 3.63) is 29.9 Å². The van der Waals surface area contributed by atoms with E-state index in [1.54, 1.807) is 19.1 Å². The van der Waals surface area contributed by atoms with Crippen molar-refractivity contribution in [3.8, 4) is 0 Å².